The second kappa shape index (κ2) is 11.2. The topological polar surface area (TPSA) is 106 Å². The van der Waals surface area contributed by atoms with Gasteiger partial charge in [-0.15, -0.1) is 0 Å². The summed E-state index contributed by atoms with van der Waals surface area (Å²) in [7, 11) is 0. The lowest BCUT2D eigenvalue weighted by Gasteiger charge is -2.44. The van der Waals surface area contributed by atoms with Gasteiger partial charge in [0.15, 0.2) is 5.79 Å². The monoisotopic (exact) mass is 445 g/mol. The lowest BCUT2D eigenvalue weighted by atomic mass is 9.85. The first-order valence-corrected chi connectivity index (χ1v) is 11.0. The molecule has 1 aliphatic heterocycles. The van der Waals surface area contributed by atoms with Crippen LogP contribution in [0.2, 0.25) is 0 Å². The first kappa shape index (κ1) is 25.5. The molecule has 8 heteroatoms. The molecule has 0 spiro atoms. The predicted octanol–water partition coefficient (Wildman–Crippen LogP) is 3.60. The van der Waals surface area contributed by atoms with Gasteiger partial charge < -0.3 is 25.4 Å². The lowest BCUT2D eigenvalue weighted by Crippen LogP contribution is -2.56. The van der Waals surface area contributed by atoms with Crippen LogP contribution >= 0.6 is 0 Å². The third-order valence-corrected chi connectivity index (χ3v) is 4.97. The number of benzene rings is 1. The fourth-order valence-corrected chi connectivity index (χ4v) is 3.19. The third kappa shape index (κ3) is 7.76. The Morgan fingerprint density at radius 3 is 2.28 bits per heavy atom. The molecule has 1 aromatic rings. The maximum atomic E-state index is 12.6. The van der Waals surface area contributed by atoms with Gasteiger partial charge in [-0.2, -0.15) is 0 Å². The number of amides is 3. The molecule has 1 aliphatic rings. The van der Waals surface area contributed by atoms with Crippen LogP contribution in [0, 0.1) is 5.41 Å². The SMILES string of the molecule is CC/C=C/CC(=O)Nc1ccccc1NC(=O)CCNC(=O)C1OC(C)(C)OCC1(C)C. The molecule has 0 saturated carbocycles. The van der Waals surface area contributed by atoms with E-state index < -0.39 is 17.3 Å². The largest absolute Gasteiger partial charge is 0.353 e. The van der Waals surface area contributed by atoms with E-state index in [1.165, 1.54) is 0 Å². The van der Waals surface area contributed by atoms with Crippen LogP contribution in [0.1, 0.15) is 53.9 Å². The number of anilines is 2. The van der Waals surface area contributed by atoms with Crippen LogP contribution in [0.4, 0.5) is 11.4 Å². The molecular weight excluding hydrogens is 410 g/mol. The molecule has 1 saturated heterocycles. The van der Waals surface area contributed by atoms with Crippen molar-refractivity contribution in [1.82, 2.24) is 5.32 Å². The fraction of sp³-hybridized carbons (Fsp3) is 0.542. The van der Waals surface area contributed by atoms with Gasteiger partial charge in [0.05, 0.1) is 18.0 Å². The van der Waals surface area contributed by atoms with E-state index in [0.717, 1.165) is 6.42 Å². The van der Waals surface area contributed by atoms with Crippen LogP contribution in [-0.4, -0.2) is 42.8 Å². The molecular formula is C24H35N3O5. The van der Waals surface area contributed by atoms with Crippen molar-refractivity contribution in [2.24, 2.45) is 5.41 Å². The van der Waals surface area contributed by atoms with Crippen LogP contribution < -0.4 is 16.0 Å². The predicted molar refractivity (Wildman–Crippen MR) is 124 cm³/mol. The minimum Gasteiger partial charge on any atom is -0.353 e. The Hall–Kier alpha value is -2.71. The number of nitrogens with one attached hydrogen (secondary N) is 3. The Bertz CT molecular complexity index is 848. The van der Waals surface area contributed by atoms with E-state index in [-0.39, 0.29) is 37.1 Å². The Balaban J connectivity index is 1.86. The van der Waals surface area contributed by atoms with E-state index in [1.807, 2.05) is 32.9 Å². The zero-order valence-corrected chi connectivity index (χ0v) is 19.6. The number of ether oxygens (including phenoxy) is 2. The number of carbonyl (C=O) groups excluding carboxylic acids is 3. The van der Waals surface area contributed by atoms with Crippen LogP contribution in [0.5, 0.6) is 0 Å². The van der Waals surface area contributed by atoms with Crippen molar-refractivity contribution in [3.63, 3.8) is 0 Å². The van der Waals surface area contributed by atoms with E-state index in [4.69, 9.17) is 9.47 Å². The summed E-state index contributed by atoms with van der Waals surface area (Å²) < 4.78 is 11.4. The number of para-hydroxylation sites is 2. The molecule has 176 valence electrons. The number of hydrogen-bond donors (Lipinski definition) is 3. The molecule has 1 fully saturated rings. The molecule has 0 aliphatic carbocycles. The highest BCUT2D eigenvalue weighted by Crippen LogP contribution is 2.34. The quantitative estimate of drug-likeness (QED) is 0.504. The van der Waals surface area contributed by atoms with E-state index in [9.17, 15) is 14.4 Å². The van der Waals surface area contributed by atoms with Gasteiger partial charge in [-0.25, -0.2) is 0 Å². The number of carbonyl (C=O) groups is 3. The maximum Gasteiger partial charge on any atom is 0.249 e. The van der Waals surface area contributed by atoms with Crippen molar-refractivity contribution in [3.05, 3.63) is 36.4 Å². The summed E-state index contributed by atoms with van der Waals surface area (Å²) in [6.45, 7) is 9.91. The van der Waals surface area contributed by atoms with Gasteiger partial charge in [0.1, 0.15) is 6.10 Å². The van der Waals surface area contributed by atoms with E-state index >= 15 is 0 Å². The molecule has 1 aromatic carbocycles. The molecule has 0 bridgehead atoms. The first-order valence-electron chi connectivity index (χ1n) is 11.0. The average molecular weight is 446 g/mol. The van der Waals surface area contributed by atoms with Crippen molar-refractivity contribution in [2.75, 3.05) is 23.8 Å². The van der Waals surface area contributed by atoms with Gasteiger partial charge >= 0.3 is 0 Å². The Morgan fingerprint density at radius 1 is 1.03 bits per heavy atom. The van der Waals surface area contributed by atoms with Gasteiger partial charge in [-0.1, -0.05) is 45.1 Å². The molecule has 32 heavy (non-hydrogen) atoms. The molecule has 3 amide bonds. The minimum absolute atomic E-state index is 0.0836. The highest BCUT2D eigenvalue weighted by atomic mass is 16.7. The Labute approximate surface area is 190 Å². The molecule has 1 atom stereocenters. The second-order valence-electron chi connectivity index (χ2n) is 8.94. The van der Waals surface area contributed by atoms with Crippen molar-refractivity contribution in [1.29, 1.82) is 0 Å². The molecule has 0 radical (unpaired) electrons. The summed E-state index contributed by atoms with van der Waals surface area (Å²) in [5.41, 5.74) is 0.553. The zero-order chi connectivity index (χ0) is 23.8. The van der Waals surface area contributed by atoms with Crippen LogP contribution in [0.3, 0.4) is 0 Å². The summed E-state index contributed by atoms with van der Waals surface area (Å²) in [5, 5.41) is 8.38. The highest BCUT2D eigenvalue weighted by molar-refractivity contribution is 6.00. The molecule has 3 N–H and O–H groups in total. The van der Waals surface area contributed by atoms with Crippen molar-refractivity contribution in [3.8, 4) is 0 Å². The third-order valence-electron chi connectivity index (χ3n) is 4.97. The summed E-state index contributed by atoms with van der Waals surface area (Å²) >= 11 is 0. The standard InChI is InChI=1S/C24H35N3O5/c1-6-7-8-13-19(28)26-17-11-9-10-12-18(17)27-20(29)14-15-25-22(30)21-23(2,3)16-31-24(4,5)32-21/h7-12,21H,6,13-16H2,1-5H3,(H,25,30)(H,26,28)(H,27,29)/b8-7+. The van der Waals surface area contributed by atoms with Crippen molar-refractivity contribution in [2.45, 2.75) is 65.8 Å². The van der Waals surface area contributed by atoms with E-state index in [0.29, 0.717) is 18.0 Å². The average Bonchev–Trinajstić information content (AvgIpc) is 2.71. The molecule has 1 unspecified atom stereocenters. The maximum absolute atomic E-state index is 12.6. The van der Waals surface area contributed by atoms with Gasteiger partial charge in [-0.3, -0.25) is 14.4 Å². The van der Waals surface area contributed by atoms with Gasteiger partial charge in [0, 0.05) is 24.8 Å². The molecule has 8 nitrogen and oxygen atoms in total. The molecule has 0 aromatic heterocycles. The molecule has 2 rings (SSSR count). The highest BCUT2D eigenvalue weighted by Gasteiger charge is 2.45. The lowest BCUT2D eigenvalue weighted by molar-refractivity contribution is -0.304. The summed E-state index contributed by atoms with van der Waals surface area (Å²) in [6.07, 6.45) is 4.28. The Kier molecular flexibility index (Phi) is 8.98. The first-order chi connectivity index (χ1) is 15.0. The summed E-state index contributed by atoms with van der Waals surface area (Å²) in [4.78, 5) is 37.1. The second-order valence-corrected chi connectivity index (χ2v) is 8.94. The van der Waals surface area contributed by atoms with E-state index in [2.05, 4.69) is 16.0 Å². The number of allylic oxidation sites excluding steroid dienone is 1. The van der Waals surface area contributed by atoms with Gasteiger partial charge in [-0.05, 0) is 32.4 Å². The minimum atomic E-state index is -0.838. The normalized spacial score (nSPS) is 19.3. The van der Waals surface area contributed by atoms with Crippen LogP contribution in [0.15, 0.2) is 36.4 Å². The number of rotatable bonds is 9. The molecule has 1 heterocycles. The fourth-order valence-electron chi connectivity index (χ4n) is 3.19. The van der Waals surface area contributed by atoms with Crippen LogP contribution in [-0.2, 0) is 23.9 Å². The summed E-state index contributed by atoms with van der Waals surface area (Å²) in [5.74, 6) is -1.54. The van der Waals surface area contributed by atoms with Crippen molar-refractivity contribution >= 4 is 29.1 Å². The smallest absolute Gasteiger partial charge is 0.249 e. The zero-order valence-electron chi connectivity index (χ0n) is 19.6. The van der Waals surface area contributed by atoms with Crippen LogP contribution in [0.25, 0.3) is 0 Å². The van der Waals surface area contributed by atoms with E-state index in [1.54, 1.807) is 38.1 Å². The summed E-state index contributed by atoms with van der Waals surface area (Å²) in [6, 6.07) is 7.00. The Morgan fingerprint density at radius 2 is 1.66 bits per heavy atom. The van der Waals surface area contributed by atoms with Gasteiger partial charge in [0.25, 0.3) is 0 Å². The van der Waals surface area contributed by atoms with Gasteiger partial charge in [0.2, 0.25) is 17.7 Å². The number of hydrogen-bond acceptors (Lipinski definition) is 5. The van der Waals surface area contributed by atoms with Crippen molar-refractivity contribution < 1.29 is 23.9 Å².